The van der Waals surface area contributed by atoms with Crippen molar-refractivity contribution in [1.29, 1.82) is 0 Å². The summed E-state index contributed by atoms with van der Waals surface area (Å²) in [7, 11) is 0. The number of hydrogen-bond acceptors (Lipinski definition) is 2. The third-order valence-electron chi connectivity index (χ3n) is 5.07. The van der Waals surface area contributed by atoms with Crippen LogP contribution in [0.1, 0.15) is 38.2 Å². The van der Waals surface area contributed by atoms with E-state index < -0.39 is 6.61 Å². The summed E-state index contributed by atoms with van der Waals surface area (Å²) >= 11 is 0. The van der Waals surface area contributed by atoms with Gasteiger partial charge in [-0.05, 0) is 37.7 Å². The molecule has 1 N–H and O–H groups in total. The van der Waals surface area contributed by atoms with Crippen LogP contribution in [-0.4, -0.2) is 37.1 Å². The first-order chi connectivity index (χ1) is 11.6. The Morgan fingerprint density at radius 3 is 2.68 bits per heavy atom. The van der Waals surface area contributed by atoms with E-state index in [1.54, 1.807) is 18.2 Å². The van der Waals surface area contributed by atoms with E-state index in [1.165, 1.54) is 25.7 Å². The van der Waals surface area contributed by atoms with Crippen LogP contribution in [0.5, 0.6) is 5.75 Å². The van der Waals surface area contributed by atoms with Gasteiger partial charge in [-0.15, -0.1) is 24.0 Å². The molecule has 1 saturated heterocycles. The van der Waals surface area contributed by atoms with Crippen LogP contribution in [-0.2, 0) is 6.54 Å². The zero-order valence-corrected chi connectivity index (χ0v) is 16.8. The van der Waals surface area contributed by atoms with Crippen LogP contribution in [0.15, 0.2) is 29.3 Å². The van der Waals surface area contributed by atoms with Crippen LogP contribution < -0.4 is 10.1 Å². The van der Waals surface area contributed by atoms with Crippen molar-refractivity contribution < 1.29 is 13.5 Å². The molecule has 1 aliphatic heterocycles. The van der Waals surface area contributed by atoms with Crippen LogP contribution in [0.3, 0.4) is 0 Å². The summed E-state index contributed by atoms with van der Waals surface area (Å²) in [5.74, 6) is 1.07. The molecule has 25 heavy (non-hydrogen) atoms. The largest absolute Gasteiger partial charge is 0.434 e. The highest BCUT2D eigenvalue weighted by atomic mass is 127. The van der Waals surface area contributed by atoms with E-state index in [0.717, 1.165) is 25.6 Å². The van der Waals surface area contributed by atoms with Crippen molar-refractivity contribution in [3.8, 4) is 5.75 Å². The summed E-state index contributed by atoms with van der Waals surface area (Å²) in [6.45, 7) is 2.40. The Balaban J connectivity index is 0.00000225. The van der Waals surface area contributed by atoms with Gasteiger partial charge in [0.2, 0.25) is 0 Å². The molecule has 1 saturated carbocycles. The minimum Gasteiger partial charge on any atom is -0.434 e. The molecule has 0 atom stereocenters. The van der Waals surface area contributed by atoms with Crippen molar-refractivity contribution in [2.45, 2.75) is 45.8 Å². The number of benzene rings is 1. The van der Waals surface area contributed by atoms with Gasteiger partial charge in [-0.25, -0.2) is 4.99 Å². The molecule has 0 radical (unpaired) electrons. The van der Waals surface area contributed by atoms with Crippen LogP contribution in [0, 0.1) is 5.41 Å². The predicted octanol–water partition coefficient (Wildman–Crippen LogP) is 4.25. The Kier molecular flexibility index (Phi) is 7.27. The molecule has 1 aromatic rings. The number of aliphatic imine (C=N–C) groups is 1. The molecule has 140 valence electrons. The van der Waals surface area contributed by atoms with Crippen molar-refractivity contribution >= 4 is 29.9 Å². The van der Waals surface area contributed by atoms with E-state index in [-0.39, 0.29) is 29.7 Å². The SMILES string of the molecule is CCNC(=NCc1ccccc1OC(F)F)N1CCC2(CCC2)C1.I. The van der Waals surface area contributed by atoms with Gasteiger partial charge in [-0.2, -0.15) is 8.78 Å². The lowest BCUT2D eigenvalue weighted by Gasteiger charge is -2.38. The number of nitrogens with zero attached hydrogens (tertiary/aromatic N) is 2. The molecule has 1 heterocycles. The van der Waals surface area contributed by atoms with Gasteiger partial charge in [-0.1, -0.05) is 24.6 Å². The Labute approximate surface area is 165 Å². The number of ether oxygens (including phenoxy) is 1. The third-order valence-corrected chi connectivity index (χ3v) is 5.07. The second-order valence-corrected chi connectivity index (χ2v) is 6.68. The number of likely N-dealkylation sites (tertiary alicyclic amines) is 1. The molecule has 0 aromatic heterocycles. The van der Waals surface area contributed by atoms with Crippen LogP contribution in [0.25, 0.3) is 0 Å². The summed E-state index contributed by atoms with van der Waals surface area (Å²) in [4.78, 5) is 6.97. The van der Waals surface area contributed by atoms with Crippen LogP contribution >= 0.6 is 24.0 Å². The van der Waals surface area contributed by atoms with Gasteiger partial charge < -0.3 is 15.0 Å². The fourth-order valence-electron chi connectivity index (χ4n) is 3.63. The van der Waals surface area contributed by atoms with Crippen molar-refractivity contribution in [2.75, 3.05) is 19.6 Å². The minimum absolute atomic E-state index is 0. The molecule has 0 bridgehead atoms. The molecule has 3 rings (SSSR count). The van der Waals surface area contributed by atoms with Crippen molar-refractivity contribution in [1.82, 2.24) is 10.2 Å². The second kappa shape index (κ2) is 9.00. The molecular formula is C18H26F2IN3O. The highest BCUT2D eigenvalue weighted by Gasteiger charge is 2.43. The minimum atomic E-state index is -2.82. The maximum Gasteiger partial charge on any atom is 0.387 e. The fraction of sp³-hybridized carbons (Fsp3) is 0.611. The summed E-state index contributed by atoms with van der Waals surface area (Å²) in [6.07, 6.45) is 5.18. The monoisotopic (exact) mass is 465 g/mol. The summed E-state index contributed by atoms with van der Waals surface area (Å²) in [5, 5.41) is 3.33. The Hall–Kier alpha value is -1.12. The first kappa shape index (κ1) is 20.2. The third kappa shape index (κ3) is 4.95. The zero-order chi connectivity index (χ0) is 17.0. The van der Waals surface area contributed by atoms with E-state index in [2.05, 4.69) is 19.9 Å². The summed E-state index contributed by atoms with van der Waals surface area (Å²) in [5.41, 5.74) is 1.16. The Morgan fingerprint density at radius 1 is 1.32 bits per heavy atom. The van der Waals surface area contributed by atoms with Gasteiger partial charge in [0.25, 0.3) is 0 Å². The van der Waals surface area contributed by atoms with Crippen molar-refractivity contribution in [3.05, 3.63) is 29.8 Å². The summed E-state index contributed by atoms with van der Waals surface area (Å²) in [6, 6.07) is 6.84. The lowest BCUT2D eigenvalue weighted by atomic mass is 9.68. The number of halogens is 3. The van der Waals surface area contributed by atoms with Gasteiger partial charge in [0.15, 0.2) is 5.96 Å². The fourth-order valence-corrected chi connectivity index (χ4v) is 3.63. The average Bonchev–Trinajstić information content (AvgIpc) is 2.98. The molecule has 7 heteroatoms. The number of nitrogens with one attached hydrogen (secondary N) is 1. The highest BCUT2D eigenvalue weighted by Crippen LogP contribution is 2.47. The molecule has 2 aliphatic rings. The quantitative estimate of drug-likeness (QED) is 0.402. The Bertz CT molecular complexity index is 593. The van der Waals surface area contributed by atoms with Gasteiger partial charge in [0, 0.05) is 25.2 Å². The predicted molar refractivity (Wildman–Crippen MR) is 106 cm³/mol. The highest BCUT2D eigenvalue weighted by molar-refractivity contribution is 14.0. The molecule has 0 unspecified atom stereocenters. The lowest BCUT2D eigenvalue weighted by molar-refractivity contribution is -0.0504. The van der Waals surface area contributed by atoms with Gasteiger partial charge in [0.1, 0.15) is 5.75 Å². The molecule has 2 fully saturated rings. The maximum absolute atomic E-state index is 12.5. The van der Waals surface area contributed by atoms with E-state index in [1.807, 2.05) is 13.0 Å². The number of rotatable bonds is 5. The van der Waals surface area contributed by atoms with Gasteiger partial charge >= 0.3 is 6.61 Å². The van der Waals surface area contributed by atoms with E-state index >= 15 is 0 Å². The molecule has 1 aromatic carbocycles. The van der Waals surface area contributed by atoms with Gasteiger partial charge in [-0.3, -0.25) is 0 Å². The molecular weight excluding hydrogens is 439 g/mol. The molecule has 1 aliphatic carbocycles. The van der Waals surface area contributed by atoms with Crippen molar-refractivity contribution in [2.24, 2.45) is 10.4 Å². The zero-order valence-electron chi connectivity index (χ0n) is 14.5. The van der Waals surface area contributed by atoms with E-state index in [0.29, 0.717) is 17.5 Å². The van der Waals surface area contributed by atoms with Crippen LogP contribution in [0.4, 0.5) is 8.78 Å². The standard InChI is InChI=1S/C18H25F2N3O.HI/c1-2-21-17(23-11-10-18(13-23)8-5-9-18)22-12-14-6-3-4-7-15(14)24-16(19)20;/h3-4,6-7,16H,2,5,8-13H2,1H3,(H,21,22);1H. The normalized spacial score (nSPS) is 18.9. The number of guanidine groups is 1. The summed E-state index contributed by atoms with van der Waals surface area (Å²) < 4.78 is 29.6. The molecule has 4 nitrogen and oxygen atoms in total. The molecule has 0 amide bonds. The van der Waals surface area contributed by atoms with Gasteiger partial charge in [0.05, 0.1) is 6.54 Å². The lowest BCUT2D eigenvalue weighted by Crippen LogP contribution is -2.42. The van der Waals surface area contributed by atoms with Crippen LogP contribution in [0.2, 0.25) is 0 Å². The van der Waals surface area contributed by atoms with E-state index in [9.17, 15) is 8.78 Å². The Morgan fingerprint density at radius 2 is 2.08 bits per heavy atom. The number of alkyl halides is 2. The second-order valence-electron chi connectivity index (χ2n) is 6.68. The van der Waals surface area contributed by atoms with E-state index in [4.69, 9.17) is 0 Å². The molecule has 1 spiro atoms. The maximum atomic E-state index is 12.5. The smallest absolute Gasteiger partial charge is 0.387 e. The first-order valence-corrected chi connectivity index (χ1v) is 8.68. The first-order valence-electron chi connectivity index (χ1n) is 8.68. The number of para-hydroxylation sites is 1. The number of hydrogen-bond donors (Lipinski definition) is 1. The van der Waals surface area contributed by atoms with Crippen molar-refractivity contribution in [3.63, 3.8) is 0 Å². The topological polar surface area (TPSA) is 36.9 Å². The average molecular weight is 465 g/mol.